The summed E-state index contributed by atoms with van der Waals surface area (Å²) in [5.74, 6) is -4.82. The molecule has 0 aliphatic heterocycles. The highest BCUT2D eigenvalue weighted by atomic mass is 19.4. The average molecular weight is 193 g/mol. The topological polar surface area (TPSA) is 46.2 Å². The van der Waals surface area contributed by atoms with Crippen molar-refractivity contribution in [1.82, 2.24) is 0 Å². The fourth-order valence-electron chi connectivity index (χ4n) is 0.510. The summed E-state index contributed by atoms with van der Waals surface area (Å²) in [5.41, 5.74) is 4.73. The number of halogens is 5. The SMILES string of the molecule is NC(CO)CC(F)(F)C(F)(F)F. The van der Waals surface area contributed by atoms with Gasteiger partial charge in [0.2, 0.25) is 0 Å². The van der Waals surface area contributed by atoms with Crippen LogP contribution in [-0.4, -0.2) is 29.9 Å². The first-order valence-corrected chi connectivity index (χ1v) is 3.01. The number of rotatable bonds is 3. The Bertz CT molecular complexity index is 145. The molecule has 2 nitrogen and oxygen atoms in total. The molecule has 0 aliphatic carbocycles. The van der Waals surface area contributed by atoms with Crippen molar-refractivity contribution >= 4 is 0 Å². The molecule has 0 rings (SSSR count). The van der Waals surface area contributed by atoms with E-state index in [1.807, 2.05) is 0 Å². The van der Waals surface area contributed by atoms with Crippen molar-refractivity contribution in [3.8, 4) is 0 Å². The molecule has 0 aliphatic rings. The molecule has 74 valence electrons. The van der Waals surface area contributed by atoms with Gasteiger partial charge < -0.3 is 10.8 Å². The largest absolute Gasteiger partial charge is 0.453 e. The van der Waals surface area contributed by atoms with Crippen LogP contribution in [0.15, 0.2) is 0 Å². The Morgan fingerprint density at radius 3 is 1.83 bits per heavy atom. The summed E-state index contributed by atoms with van der Waals surface area (Å²) in [5, 5.41) is 8.14. The zero-order valence-electron chi connectivity index (χ0n) is 5.91. The minimum atomic E-state index is -5.60. The molecule has 7 heteroatoms. The van der Waals surface area contributed by atoms with Crippen molar-refractivity contribution in [2.75, 3.05) is 6.61 Å². The van der Waals surface area contributed by atoms with Gasteiger partial charge in [-0.2, -0.15) is 22.0 Å². The van der Waals surface area contributed by atoms with E-state index in [1.54, 1.807) is 0 Å². The highest BCUT2D eigenvalue weighted by molar-refractivity contribution is 4.80. The highest BCUT2D eigenvalue weighted by Gasteiger charge is 2.57. The van der Waals surface area contributed by atoms with Gasteiger partial charge in [-0.15, -0.1) is 0 Å². The lowest BCUT2D eigenvalue weighted by Gasteiger charge is -2.21. The van der Waals surface area contributed by atoms with Crippen LogP contribution in [-0.2, 0) is 0 Å². The molecule has 0 bridgehead atoms. The van der Waals surface area contributed by atoms with Gasteiger partial charge in [-0.25, -0.2) is 0 Å². The van der Waals surface area contributed by atoms with Gasteiger partial charge >= 0.3 is 12.1 Å². The summed E-state index contributed by atoms with van der Waals surface area (Å²) in [6.07, 6.45) is -7.19. The van der Waals surface area contributed by atoms with Gasteiger partial charge in [0.15, 0.2) is 0 Å². The third-order valence-corrected chi connectivity index (χ3v) is 1.17. The summed E-state index contributed by atoms with van der Waals surface area (Å²) >= 11 is 0. The first-order chi connectivity index (χ1) is 5.20. The molecule has 0 amide bonds. The Balaban J connectivity index is 4.22. The van der Waals surface area contributed by atoms with E-state index in [1.165, 1.54) is 0 Å². The van der Waals surface area contributed by atoms with Crippen LogP contribution in [0.5, 0.6) is 0 Å². The molecule has 0 heterocycles. The van der Waals surface area contributed by atoms with Gasteiger partial charge in [0.05, 0.1) is 6.61 Å². The van der Waals surface area contributed by atoms with E-state index in [2.05, 4.69) is 0 Å². The van der Waals surface area contributed by atoms with Gasteiger partial charge in [0, 0.05) is 12.5 Å². The summed E-state index contributed by atoms with van der Waals surface area (Å²) in [4.78, 5) is 0. The van der Waals surface area contributed by atoms with Gasteiger partial charge in [-0.1, -0.05) is 0 Å². The molecule has 0 saturated carbocycles. The second kappa shape index (κ2) is 3.53. The van der Waals surface area contributed by atoms with Crippen LogP contribution in [0.2, 0.25) is 0 Å². The Hall–Kier alpha value is -0.430. The van der Waals surface area contributed by atoms with Crippen LogP contribution in [0, 0.1) is 0 Å². The molecule has 0 radical (unpaired) electrons. The minimum Gasteiger partial charge on any atom is -0.395 e. The lowest BCUT2D eigenvalue weighted by Crippen LogP contribution is -2.43. The van der Waals surface area contributed by atoms with E-state index in [0.717, 1.165) is 0 Å². The summed E-state index contributed by atoms with van der Waals surface area (Å²) in [6.45, 7) is -0.897. The molecule has 12 heavy (non-hydrogen) atoms. The molecule has 1 atom stereocenters. The zero-order valence-corrected chi connectivity index (χ0v) is 5.91. The molecule has 1 unspecified atom stereocenters. The fraction of sp³-hybridized carbons (Fsp3) is 1.00. The predicted octanol–water partition coefficient (Wildman–Crippen LogP) is 0.894. The number of aliphatic hydroxyl groups is 1. The standard InChI is InChI=1S/C5H8F5NO/c6-4(7,5(8,9)10)1-3(11)2-12/h3,12H,1-2,11H2. The molecule has 0 aromatic rings. The van der Waals surface area contributed by atoms with Gasteiger partial charge in [0.1, 0.15) is 0 Å². The Kier molecular flexibility index (Phi) is 3.40. The van der Waals surface area contributed by atoms with E-state index >= 15 is 0 Å². The van der Waals surface area contributed by atoms with E-state index in [4.69, 9.17) is 10.8 Å². The molecule has 3 N–H and O–H groups in total. The number of hydrogen-bond acceptors (Lipinski definition) is 2. The van der Waals surface area contributed by atoms with Crippen LogP contribution in [0.3, 0.4) is 0 Å². The van der Waals surface area contributed by atoms with Crippen molar-refractivity contribution in [3.05, 3.63) is 0 Å². The molecular weight excluding hydrogens is 185 g/mol. The predicted molar refractivity (Wildman–Crippen MR) is 30.7 cm³/mol. The van der Waals surface area contributed by atoms with Crippen molar-refractivity contribution in [2.24, 2.45) is 5.73 Å². The number of alkyl halides is 5. The first kappa shape index (κ1) is 11.6. The Morgan fingerprint density at radius 2 is 1.58 bits per heavy atom. The average Bonchev–Trinajstić information content (AvgIpc) is 1.84. The van der Waals surface area contributed by atoms with Crippen molar-refractivity contribution in [3.63, 3.8) is 0 Å². The zero-order chi connectivity index (χ0) is 9.99. The van der Waals surface area contributed by atoms with Crippen LogP contribution in [0.25, 0.3) is 0 Å². The van der Waals surface area contributed by atoms with Crippen LogP contribution < -0.4 is 5.73 Å². The Labute approximate surface area is 65.2 Å². The van der Waals surface area contributed by atoms with Crippen LogP contribution >= 0.6 is 0 Å². The maximum atomic E-state index is 12.1. The van der Waals surface area contributed by atoms with E-state index in [0.29, 0.717) is 0 Å². The van der Waals surface area contributed by atoms with E-state index < -0.39 is 31.2 Å². The third-order valence-electron chi connectivity index (χ3n) is 1.17. The highest BCUT2D eigenvalue weighted by Crippen LogP contribution is 2.38. The van der Waals surface area contributed by atoms with Crippen molar-refractivity contribution < 1.29 is 27.1 Å². The van der Waals surface area contributed by atoms with Crippen molar-refractivity contribution in [2.45, 2.75) is 24.6 Å². The van der Waals surface area contributed by atoms with Crippen LogP contribution in [0.4, 0.5) is 22.0 Å². The first-order valence-electron chi connectivity index (χ1n) is 3.01. The number of hydrogen-bond donors (Lipinski definition) is 2. The summed E-state index contributed by atoms with van der Waals surface area (Å²) in [6, 6.07) is -1.55. The molecule has 0 spiro atoms. The van der Waals surface area contributed by atoms with E-state index in [-0.39, 0.29) is 0 Å². The Morgan fingerprint density at radius 1 is 1.17 bits per heavy atom. The van der Waals surface area contributed by atoms with Gasteiger partial charge in [-0.3, -0.25) is 0 Å². The summed E-state index contributed by atoms with van der Waals surface area (Å²) in [7, 11) is 0. The smallest absolute Gasteiger partial charge is 0.395 e. The maximum Gasteiger partial charge on any atom is 0.453 e. The molecule has 0 saturated heterocycles. The normalized spacial score (nSPS) is 16.2. The molecule has 0 fully saturated rings. The van der Waals surface area contributed by atoms with Gasteiger partial charge in [-0.05, 0) is 0 Å². The molecular formula is C5H8F5NO. The fourth-order valence-corrected chi connectivity index (χ4v) is 0.510. The second-order valence-corrected chi connectivity index (χ2v) is 2.35. The van der Waals surface area contributed by atoms with E-state index in [9.17, 15) is 22.0 Å². The second-order valence-electron chi connectivity index (χ2n) is 2.35. The molecule has 0 aromatic carbocycles. The lowest BCUT2D eigenvalue weighted by molar-refractivity contribution is -0.286. The number of nitrogens with two attached hydrogens (primary N) is 1. The number of aliphatic hydroxyl groups excluding tert-OH is 1. The molecule has 0 aromatic heterocycles. The summed E-state index contributed by atoms with van der Waals surface area (Å²) < 4.78 is 58.4. The monoisotopic (exact) mass is 193 g/mol. The van der Waals surface area contributed by atoms with Gasteiger partial charge in [0.25, 0.3) is 0 Å². The lowest BCUT2D eigenvalue weighted by atomic mass is 10.1. The van der Waals surface area contributed by atoms with Crippen molar-refractivity contribution in [1.29, 1.82) is 0 Å². The minimum absolute atomic E-state index is 0.897. The maximum absolute atomic E-state index is 12.1. The third kappa shape index (κ3) is 2.90. The quantitative estimate of drug-likeness (QED) is 0.654. The van der Waals surface area contributed by atoms with Crippen LogP contribution in [0.1, 0.15) is 6.42 Å².